The van der Waals surface area contributed by atoms with E-state index in [9.17, 15) is 4.79 Å². The molecular formula is C13H19NOS. The fourth-order valence-corrected chi connectivity index (χ4v) is 2.24. The molecule has 0 saturated carbocycles. The largest absolute Gasteiger partial charge is 0.326 e. The SMILES string of the molecule is CCC(C)CSc1ccc(NC(C)=O)cc1. The van der Waals surface area contributed by atoms with Crippen LogP contribution in [0.15, 0.2) is 29.2 Å². The quantitative estimate of drug-likeness (QED) is 0.790. The molecule has 88 valence electrons. The van der Waals surface area contributed by atoms with Gasteiger partial charge < -0.3 is 5.32 Å². The maximum Gasteiger partial charge on any atom is 0.221 e. The minimum absolute atomic E-state index is 0.0278. The Labute approximate surface area is 102 Å². The van der Waals surface area contributed by atoms with E-state index in [2.05, 4.69) is 31.3 Å². The van der Waals surface area contributed by atoms with E-state index in [-0.39, 0.29) is 5.91 Å². The summed E-state index contributed by atoms with van der Waals surface area (Å²) >= 11 is 1.87. The number of nitrogens with one attached hydrogen (secondary N) is 1. The van der Waals surface area contributed by atoms with Crippen molar-refractivity contribution in [3.05, 3.63) is 24.3 Å². The van der Waals surface area contributed by atoms with Crippen LogP contribution in [0.4, 0.5) is 5.69 Å². The fourth-order valence-electron chi connectivity index (χ4n) is 1.19. The molecule has 0 radical (unpaired) electrons. The van der Waals surface area contributed by atoms with Crippen molar-refractivity contribution in [3.63, 3.8) is 0 Å². The summed E-state index contributed by atoms with van der Waals surface area (Å²) in [7, 11) is 0. The highest BCUT2D eigenvalue weighted by Crippen LogP contribution is 2.23. The zero-order valence-electron chi connectivity index (χ0n) is 10.1. The summed E-state index contributed by atoms with van der Waals surface area (Å²) in [6, 6.07) is 8.00. The number of benzene rings is 1. The summed E-state index contributed by atoms with van der Waals surface area (Å²) in [5.41, 5.74) is 0.861. The molecule has 1 aromatic carbocycles. The van der Waals surface area contributed by atoms with Gasteiger partial charge in [0.25, 0.3) is 0 Å². The van der Waals surface area contributed by atoms with Crippen molar-refractivity contribution < 1.29 is 4.79 Å². The Balaban J connectivity index is 2.48. The van der Waals surface area contributed by atoms with Crippen LogP contribution < -0.4 is 5.32 Å². The summed E-state index contributed by atoms with van der Waals surface area (Å²) in [5.74, 6) is 1.87. The zero-order chi connectivity index (χ0) is 12.0. The van der Waals surface area contributed by atoms with E-state index < -0.39 is 0 Å². The van der Waals surface area contributed by atoms with Gasteiger partial charge in [-0.15, -0.1) is 11.8 Å². The number of hydrogen-bond acceptors (Lipinski definition) is 2. The van der Waals surface area contributed by atoms with Crippen molar-refractivity contribution in [3.8, 4) is 0 Å². The third kappa shape index (κ3) is 4.71. The number of carbonyl (C=O) groups excluding carboxylic acids is 1. The van der Waals surface area contributed by atoms with E-state index in [0.717, 1.165) is 17.4 Å². The molecule has 16 heavy (non-hydrogen) atoms. The first-order valence-corrected chi connectivity index (χ1v) is 6.60. The summed E-state index contributed by atoms with van der Waals surface area (Å²) in [6.07, 6.45) is 1.22. The summed E-state index contributed by atoms with van der Waals surface area (Å²) < 4.78 is 0. The van der Waals surface area contributed by atoms with Crippen molar-refractivity contribution in [2.75, 3.05) is 11.1 Å². The van der Waals surface area contributed by atoms with Gasteiger partial charge in [0.15, 0.2) is 0 Å². The molecule has 0 saturated heterocycles. The molecule has 0 aliphatic carbocycles. The Kier molecular flexibility index (Phi) is 5.39. The Morgan fingerprint density at radius 1 is 1.38 bits per heavy atom. The molecule has 0 bridgehead atoms. The lowest BCUT2D eigenvalue weighted by atomic mass is 10.2. The van der Waals surface area contributed by atoms with Crippen LogP contribution in [0.5, 0.6) is 0 Å². The topological polar surface area (TPSA) is 29.1 Å². The molecule has 0 fully saturated rings. The van der Waals surface area contributed by atoms with E-state index in [4.69, 9.17) is 0 Å². The molecule has 0 aromatic heterocycles. The van der Waals surface area contributed by atoms with Crippen molar-refractivity contribution in [2.24, 2.45) is 5.92 Å². The summed E-state index contributed by atoms with van der Waals surface area (Å²) in [4.78, 5) is 12.1. The van der Waals surface area contributed by atoms with Crippen LogP contribution in [-0.4, -0.2) is 11.7 Å². The van der Waals surface area contributed by atoms with Gasteiger partial charge in [0.05, 0.1) is 0 Å². The molecular weight excluding hydrogens is 218 g/mol. The lowest BCUT2D eigenvalue weighted by Crippen LogP contribution is -2.05. The molecule has 0 heterocycles. The molecule has 3 heteroatoms. The minimum atomic E-state index is -0.0278. The van der Waals surface area contributed by atoms with Crippen molar-refractivity contribution >= 4 is 23.4 Å². The highest BCUT2D eigenvalue weighted by Gasteiger charge is 2.01. The van der Waals surface area contributed by atoms with Gasteiger partial charge in [-0.25, -0.2) is 0 Å². The number of anilines is 1. The van der Waals surface area contributed by atoms with Crippen LogP contribution in [-0.2, 0) is 4.79 Å². The summed E-state index contributed by atoms with van der Waals surface area (Å²) in [6.45, 7) is 6.00. The number of hydrogen-bond donors (Lipinski definition) is 1. The van der Waals surface area contributed by atoms with Crippen molar-refractivity contribution in [1.82, 2.24) is 0 Å². The standard InChI is InChI=1S/C13H19NOS/c1-4-10(2)9-16-13-7-5-12(6-8-13)14-11(3)15/h5-8,10H,4,9H2,1-3H3,(H,14,15). The van der Waals surface area contributed by atoms with Gasteiger partial charge in [0.1, 0.15) is 0 Å². The monoisotopic (exact) mass is 237 g/mol. The molecule has 0 aliphatic rings. The van der Waals surface area contributed by atoms with Crippen LogP contribution in [0.25, 0.3) is 0 Å². The van der Waals surface area contributed by atoms with Gasteiger partial charge in [0.2, 0.25) is 5.91 Å². The maximum absolute atomic E-state index is 10.8. The predicted molar refractivity (Wildman–Crippen MR) is 70.9 cm³/mol. The van der Waals surface area contributed by atoms with Crippen LogP contribution in [0.3, 0.4) is 0 Å². The fraction of sp³-hybridized carbons (Fsp3) is 0.462. The predicted octanol–water partition coefficient (Wildman–Crippen LogP) is 3.78. The van der Waals surface area contributed by atoms with Crippen LogP contribution in [0.1, 0.15) is 27.2 Å². The van der Waals surface area contributed by atoms with E-state index in [1.54, 1.807) is 0 Å². The first-order chi connectivity index (χ1) is 7.61. The van der Waals surface area contributed by atoms with Crippen molar-refractivity contribution in [1.29, 1.82) is 0 Å². The lowest BCUT2D eigenvalue weighted by Gasteiger charge is -2.08. The van der Waals surface area contributed by atoms with Gasteiger partial charge in [-0.05, 0) is 30.2 Å². The Morgan fingerprint density at radius 3 is 2.50 bits per heavy atom. The molecule has 1 atom stereocenters. The van der Waals surface area contributed by atoms with E-state index in [1.165, 1.54) is 18.2 Å². The average Bonchev–Trinajstić information content (AvgIpc) is 2.27. The molecule has 0 aliphatic heterocycles. The van der Waals surface area contributed by atoms with Crippen LogP contribution in [0, 0.1) is 5.92 Å². The lowest BCUT2D eigenvalue weighted by molar-refractivity contribution is -0.114. The molecule has 1 aromatic rings. The Bertz CT molecular complexity index is 334. The number of thioether (sulfide) groups is 1. The molecule has 1 N–H and O–H groups in total. The summed E-state index contributed by atoms with van der Waals surface area (Å²) in [5, 5.41) is 2.76. The maximum atomic E-state index is 10.8. The Morgan fingerprint density at radius 2 is 2.00 bits per heavy atom. The number of amides is 1. The molecule has 1 amide bonds. The Hall–Kier alpha value is -0.960. The van der Waals surface area contributed by atoms with E-state index in [0.29, 0.717) is 0 Å². The average molecular weight is 237 g/mol. The third-order valence-electron chi connectivity index (χ3n) is 2.41. The second-order valence-corrected chi connectivity index (χ2v) is 5.12. The minimum Gasteiger partial charge on any atom is -0.326 e. The van der Waals surface area contributed by atoms with Crippen LogP contribution in [0.2, 0.25) is 0 Å². The normalized spacial score (nSPS) is 12.2. The molecule has 0 spiro atoms. The second kappa shape index (κ2) is 6.59. The molecule has 1 unspecified atom stereocenters. The first kappa shape index (κ1) is 13.1. The third-order valence-corrected chi connectivity index (χ3v) is 3.75. The van der Waals surface area contributed by atoms with E-state index >= 15 is 0 Å². The van der Waals surface area contributed by atoms with Crippen LogP contribution >= 0.6 is 11.8 Å². The highest BCUT2D eigenvalue weighted by molar-refractivity contribution is 7.99. The van der Waals surface area contributed by atoms with Gasteiger partial charge in [-0.2, -0.15) is 0 Å². The second-order valence-electron chi connectivity index (χ2n) is 4.03. The number of rotatable bonds is 5. The first-order valence-electron chi connectivity index (χ1n) is 5.62. The van der Waals surface area contributed by atoms with Crippen molar-refractivity contribution in [2.45, 2.75) is 32.1 Å². The zero-order valence-corrected chi connectivity index (χ0v) is 10.9. The molecule has 2 nitrogen and oxygen atoms in total. The van der Waals surface area contributed by atoms with E-state index in [1.807, 2.05) is 23.9 Å². The van der Waals surface area contributed by atoms with Gasteiger partial charge in [0, 0.05) is 23.3 Å². The van der Waals surface area contributed by atoms with Gasteiger partial charge in [-0.1, -0.05) is 20.3 Å². The van der Waals surface area contributed by atoms with Gasteiger partial charge >= 0.3 is 0 Å². The highest BCUT2D eigenvalue weighted by atomic mass is 32.2. The van der Waals surface area contributed by atoms with Gasteiger partial charge in [-0.3, -0.25) is 4.79 Å². The molecule has 1 rings (SSSR count). The smallest absolute Gasteiger partial charge is 0.221 e. The number of carbonyl (C=O) groups is 1.